The van der Waals surface area contributed by atoms with E-state index in [0.29, 0.717) is 6.54 Å². The second kappa shape index (κ2) is 8.31. The smallest absolute Gasteiger partial charge is 0.234 e. The van der Waals surface area contributed by atoms with Gasteiger partial charge in [0.1, 0.15) is 5.82 Å². The maximum Gasteiger partial charge on any atom is 0.234 e. The van der Waals surface area contributed by atoms with Crippen molar-refractivity contribution in [2.75, 3.05) is 44.2 Å². The Labute approximate surface area is 166 Å². The molecule has 148 valence electrons. The second-order valence-corrected chi connectivity index (χ2v) is 8.02. The first-order valence-electron chi connectivity index (χ1n) is 10.2. The van der Waals surface area contributed by atoms with Crippen LogP contribution in [0.5, 0.6) is 0 Å². The number of rotatable bonds is 6. The van der Waals surface area contributed by atoms with Crippen LogP contribution in [0, 0.1) is 5.82 Å². The number of halogens is 1. The van der Waals surface area contributed by atoms with Crippen molar-refractivity contribution in [2.24, 2.45) is 0 Å². The van der Waals surface area contributed by atoms with E-state index in [-0.39, 0.29) is 17.1 Å². The minimum Gasteiger partial charge on any atom is -0.370 e. The molecule has 1 aliphatic heterocycles. The summed E-state index contributed by atoms with van der Waals surface area (Å²) in [5, 5.41) is 3.16. The van der Waals surface area contributed by atoms with Crippen molar-refractivity contribution in [1.82, 2.24) is 10.2 Å². The Morgan fingerprint density at radius 2 is 1.71 bits per heavy atom. The maximum absolute atomic E-state index is 13.1. The third kappa shape index (κ3) is 4.53. The third-order valence-corrected chi connectivity index (χ3v) is 6.01. The lowest BCUT2D eigenvalue weighted by molar-refractivity contribution is -0.122. The molecule has 1 N–H and O–H groups in total. The van der Waals surface area contributed by atoms with Crippen LogP contribution in [0.3, 0.4) is 0 Å². The van der Waals surface area contributed by atoms with Crippen molar-refractivity contribution >= 4 is 11.6 Å². The zero-order valence-corrected chi connectivity index (χ0v) is 16.2. The van der Waals surface area contributed by atoms with E-state index in [1.54, 1.807) is 0 Å². The van der Waals surface area contributed by atoms with Gasteiger partial charge in [-0.25, -0.2) is 4.39 Å². The Bertz CT molecular complexity index is 789. The number of carbonyl (C=O) groups is 1. The van der Waals surface area contributed by atoms with Gasteiger partial charge in [-0.3, -0.25) is 9.69 Å². The average molecular weight is 381 g/mol. The molecule has 4 nitrogen and oxygen atoms in total. The number of nitrogens with one attached hydrogen (secondary N) is 1. The first kappa shape index (κ1) is 18.9. The molecular weight excluding hydrogens is 353 g/mol. The maximum atomic E-state index is 13.1. The van der Waals surface area contributed by atoms with Gasteiger partial charge in [-0.1, -0.05) is 30.3 Å². The molecule has 1 amide bonds. The molecule has 2 aromatic carbocycles. The molecule has 0 aromatic heterocycles. The van der Waals surface area contributed by atoms with Crippen molar-refractivity contribution in [1.29, 1.82) is 0 Å². The first-order chi connectivity index (χ1) is 13.6. The van der Waals surface area contributed by atoms with Crippen molar-refractivity contribution in [2.45, 2.75) is 24.7 Å². The van der Waals surface area contributed by atoms with Gasteiger partial charge in [-0.2, -0.15) is 0 Å². The SMILES string of the molecule is O=C(CN1CCCN(c2ccc(F)cc2)CC1)NCC1(c2ccccc2)CC1. The number of anilines is 1. The van der Waals surface area contributed by atoms with Crippen LogP contribution in [-0.4, -0.2) is 50.1 Å². The highest BCUT2D eigenvalue weighted by molar-refractivity contribution is 5.78. The van der Waals surface area contributed by atoms with E-state index < -0.39 is 0 Å². The molecule has 28 heavy (non-hydrogen) atoms. The van der Waals surface area contributed by atoms with Crippen LogP contribution < -0.4 is 10.2 Å². The van der Waals surface area contributed by atoms with Gasteiger partial charge in [0.15, 0.2) is 0 Å². The highest BCUT2D eigenvalue weighted by Crippen LogP contribution is 2.47. The second-order valence-electron chi connectivity index (χ2n) is 8.02. The normalized spacial score (nSPS) is 19.1. The summed E-state index contributed by atoms with van der Waals surface area (Å²) in [4.78, 5) is 17.0. The minimum absolute atomic E-state index is 0.109. The van der Waals surface area contributed by atoms with Crippen molar-refractivity contribution in [3.8, 4) is 0 Å². The van der Waals surface area contributed by atoms with Crippen LogP contribution in [-0.2, 0) is 10.2 Å². The van der Waals surface area contributed by atoms with Crippen LogP contribution in [0.4, 0.5) is 10.1 Å². The number of carbonyl (C=O) groups excluding carboxylic acids is 1. The fraction of sp³-hybridized carbons (Fsp3) is 0.435. The molecule has 5 heteroatoms. The lowest BCUT2D eigenvalue weighted by atomic mass is 9.96. The molecule has 1 saturated carbocycles. The van der Waals surface area contributed by atoms with Crippen molar-refractivity contribution in [3.63, 3.8) is 0 Å². The highest BCUT2D eigenvalue weighted by Gasteiger charge is 2.44. The molecule has 0 unspecified atom stereocenters. The third-order valence-electron chi connectivity index (χ3n) is 6.01. The number of nitrogens with zero attached hydrogens (tertiary/aromatic N) is 2. The van der Waals surface area contributed by atoms with Crippen LogP contribution in [0.15, 0.2) is 54.6 Å². The molecule has 1 aliphatic carbocycles. The summed E-state index contributed by atoms with van der Waals surface area (Å²) in [6.45, 7) is 4.71. The van der Waals surface area contributed by atoms with Gasteiger partial charge in [-0.15, -0.1) is 0 Å². The van der Waals surface area contributed by atoms with Gasteiger partial charge in [0, 0.05) is 43.8 Å². The number of benzene rings is 2. The van der Waals surface area contributed by atoms with E-state index in [9.17, 15) is 9.18 Å². The summed E-state index contributed by atoms with van der Waals surface area (Å²) in [6.07, 6.45) is 3.29. The van der Waals surface area contributed by atoms with Gasteiger partial charge in [0.25, 0.3) is 0 Å². The zero-order chi connectivity index (χ0) is 19.4. The molecule has 2 aromatic rings. The predicted octanol–water partition coefficient (Wildman–Crippen LogP) is 3.19. The fourth-order valence-corrected chi connectivity index (χ4v) is 4.08. The summed E-state index contributed by atoms with van der Waals surface area (Å²) in [7, 11) is 0. The molecule has 1 heterocycles. The van der Waals surface area contributed by atoms with Gasteiger partial charge < -0.3 is 10.2 Å². The van der Waals surface area contributed by atoms with E-state index in [2.05, 4.69) is 39.4 Å². The summed E-state index contributed by atoms with van der Waals surface area (Å²) in [6, 6.07) is 17.2. The summed E-state index contributed by atoms with van der Waals surface area (Å²) in [5.41, 5.74) is 2.53. The summed E-state index contributed by atoms with van der Waals surface area (Å²) >= 11 is 0. The molecule has 2 fully saturated rings. The Hall–Kier alpha value is -2.40. The number of amides is 1. The van der Waals surface area contributed by atoms with Crippen LogP contribution in [0.25, 0.3) is 0 Å². The Balaban J connectivity index is 1.25. The molecule has 1 saturated heterocycles. The van der Waals surface area contributed by atoms with Gasteiger partial charge in [0.2, 0.25) is 5.91 Å². The Morgan fingerprint density at radius 1 is 0.964 bits per heavy atom. The monoisotopic (exact) mass is 381 g/mol. The van der Waals surface area contributed by atoms with Crippen LogP contribution >= 0.6 is 0 Å². The standard InChI is InChI=1S/C23H28FN3O/c24-20-7-9-21(10-8-20)27-14-4-13-26(15-16-27)17-22(28)25-18-23(11-12-23)19-5-2-1-3-6-19/h1-3,5-10H,4,11-18H2,(H,25,28). The Kier molecular flexibility index (Phi) is 5.62. The molecule has 0 spiro atoms. The average Bonchev–Trinajstić information content (AvgIpc) is 3.53. The Morgan fingerprint density at radius 3 is 2.43 bits per heavy atom. The predicted molar refractivity (Wildman–Crippen MR) is 110 cm³/mol. The summed E-state index contributed by atoms with van der Waals surface area (Å²) < 4.78 is 13.1. The van der Waals surface area contributed by atoms with Gasteiger partial charge in [-0.05, 0) is 49.1 Å². The molecule has 0 radical (unpaired) electrons. The molecule has 4 rings (SSSR count). The van der Waals surface area contributed by atoms with Gasteiger partial charge >= 0.3 is 0 Å². The zero-order valence-electron chi connectivity index (χ0n) is 16.2. The van der Waals surface area contributed by atoms with E-state index in [4.69, 9.17) is 0 Å². The largest absolute Gasteiger partial charge is 0.370 e. The molecule has 2 aliphatic rings. The van der Waals surface area contributed by atoms with E-state index in [0.717, 1.165) is 57.7 Å². The summed E-state index contributed by atoms with van der Waals surface area (Å²) in [5.74, 6) is -0.0988. The van der Waals surface area contributed by atoms with Crippen LogP contribution in [0.1, 0.15) is 24.8 Å². The minimum atomic E-state index is -0.208. The molecule has 0 atom stereocenters. The lowest BCUT2D eigenvalue weighted by Crippen LogP contribution is -2.41. The number of hydrogen-bond acceptors (Lipinski definition) is 3. The van der Waals surface area contributed by atoms with Crippen molar-refractivity contribution in [3.05, 3.63) is 66.0 Å². The first-order valence-corrected chi connectivity index (χ1v) is 10.2. The topological polar surface area (TPSA) is 35.6 Å². The van der Waals surface area contributed by atoms with Crippen LogP contribution in [0.2, 0.25) is 0 Å². The van der Waals surface area contributed by atoms with Crippen molar-refractivity contribution < 1.29 is 9.18 Å². The van der Waals surface area contributed by atoms with E-state index in [1.165, 1.54) is 17.7 Å². The molecule has 0 bridgehead atoms. The highest BCUT2D eigenvalue weighted by atomic mass is 19.1. The van der Waals surface area contributed by atoms with Gasteiger partial charge in [0.05, 0.1) is 6.54 Å². The van der Waals surface area contributed by atoms with E-state index >= 15 is 0 Å². The fourth-order valence-electron chi connectivity index (χ4n) is 4.08. The quantitative estimate of drug-likeness (QED) is 0.835. The number of hydrogen-bond donors (Lipinski definition) is 1. The van der Waals surface area contributed by atoms with E-state index in [1.807, 2.05) is 18.2 Å². The lowest BCUT2D eigenvalue weighted by Gasteiger charge is -2.24. The molecular formula is C23H28FN3O.